The van der Waals surface area contributed by atoms with Gasteiger partial charge in [-0.1, -0.05) is 12.1 Å². The SMILES string of the molecule is COC(=O)C(Nc1cc(C)nc2ncnn12)c1ccc(SC(F)(F)F)cc1. The highest BCUT2D eigenvalue weighted by molar-refractivity contribution is 8.00. The zero-order valence-corrected chi connectivity index (χ0v) is 15.0. The number of aromatic nitrogens is 4. The Morgan fingerprint density at radius 3 is 2.63 bits per heavy atom. The van der Waals surface area contributed by atoms with Gasteiger partial charge in [0.15, 0.2) is 6.04 Å². The van der Waals surface area contributed by atoms with Crippen LogP contribution in [0.3, 0.4) is 0 Å². The summed E-state index contributed by atoms with van der Waals surface area (Å²) in [5.41, 5.74) is -3.29. The molecule has 11 heteroatoms. The molecule has 3 rings (SSSR count). The lowest BCUT2D eigenvalue weighted by atomic mass is 10.1. The van der Waals surface area contributed by atoms with Crippen molar-refractivity contribution in [2.45, 2.75) is 23.4 Å². The van der Waals surface area contributed by atoms with E-state index in [1.165, 1.54) is 42.2 Å². The topological polar surface area (TPSA) is 81.4 Å². The van der Waals surface area contributed by atoms with Gasteiger partial charge in [-0.2, -0.15) is 27.8 Å². The number of aryl methyl sites for hydroxylation is 1. The van der Waals surface area contributed by atoms with Crippen LogP contribution in [-0.2, 0) is 9.53 Å². The van der Waals surface area contributed by atoms with Gasteiger partial charge in [0.1, 0.15) is 12.1 Å². The van der Waals surface area contributed by atoms with Crippen molar-refractivity contribution in [1.29, 1.82) is 0 Å². The maximum absolute atomic E-state index is 12.5. The molecular formula is C16H14F3N5O2S. The normalized spacial score (nSPS) is 12.8. The molecule has 142 valence electrons. The Hall–Kier alpha value is -2.82. The molecule has 1 N–H and O–H groups in total. The first kappa shape index (κ1) is 19.0. The Labute approximate surface area is 156 Å². The van der Waals surface area contributed by atoms with Gasteiger partial charge in [0.2, 0.25) is 0 Å². The van der Waals surface area contributed by atoms with Gasteiger partial charge in [-0.25, -0.2) is 9.78 Å². The van der Waals surface area contributed by atoms with Gasteiger partial charge in [0.05, 0.1) is 7.11 Å². The Kier molecular flexibility index (Phi) is 5.22. The van der Waals surface area contributed by atoms with Crippen molar-refractivity contribution in [3.63, 3.8) is 0 Å². The van der Waals surface area contributed by atoms with E-state index < -0.39 is 17.5 Å². The molecule has 0 aliphatic rings. The summed E-state index contributed by atoms with van der Waals surface area (Å²) < 4.78 is 43.7. The van der Waals surface area contributed by atoms with Crippen molar-refractivity contribution in [2.75, 3.05) is 12.4 Å². The van der Waals surface area contributed by atoms with E-state index in [9.17, 15) is 18.0 Å². The molecule has 3 aromatic rings. The number of esters is 1. The summed E-state index contributed by atoms with van der Waals surface area (Å²) in [6, 6.07) is 6.20. The molecule has 1 aromatic carbocycles. The van der Waals surface area contributed by atoms with Crippen LogP contribution < -0.4 is 5.32 Å². The number of halogens is 3. The molecule has 0 bridgehead atoms. The van der Waals surface area contributed by atoms with Crippen LogP contribution in [0.2, 0.25) is 0 Å². The molecule has 1 unspecified atom stereocenters. The van der Waals surface area contributed by atoms with Crippen LogP contribution in [0.4, 0.5) is 19.0 Å². The van der Waals surface area contributed by atoms with E-state index in [4.69, 9.17) is 4.74 Å². The third-order valence-electron chi connectivity index (χ3n) is 3.56. The quantitative estimate of drug-likeness (QED) is 0.522. The highest BCUT2D eigenvalue weighted by atomic mass is 32.2. The third kappa shape index (κ3) is 4.48. The van der Waals surface area contributed by atoms with Gasteiger partial charge in [0, 0.05) is 16.7 Å². The van der Waals surface area contributed by atoms with Crippen molar-refractivity contribution in [1.82, 2.24) is 19.6 Å². The van der Waals surface area contributed by atoms with Gasteiger partial charge in [0.25, 0.3) is 5.78 Å². The van der Waals surface area contributed by atoms with Crippen molar-refractivity contribution >= 4 is 29.3 Å². The van der Waals surface area contributed by atoms with Crippen molar-refractivity contribution in [3.05, 3.63) is 47.9 Å². The molecule has 0 spiro atoms. The first-order valence-electron chi connectivity index (χ1n) is 7.64. The average molecular weight is 397 g/mol. The Morgan fingerprint density at radius 1 is 1.30 bits per heavy atom. The number of thioether (sulfide) groups is 1. The number of rotatable bonds is 5. The molecule has 0 saturated heterocycles. The molecule has 0 aliphatic heterocycles. The number of hydrogen-bond donors (Lipinski definition) is 1. The number of nitrogens with zero attached hydrogens (tertiary/aromatic N) is 4. The van der Waals surface area contributed by atoms with Crippen LogP contribution in [0, 0.1) is 6.92 Å². The fourth-order valence-corrected chi connectivity index (χ4v) is 2.98. The van der Waals surface area contributed by atoms with E-state index in [-0.39, 0.29) is 16.7 Å². The maximum Gasteiger partial charge on any atom is 0.446 e. The van der Waals surface area contributed by atoms with E-state index in [2.05, 4.69) is 20.4 Å². The van der Waals surface area contributed by atoms with Crippen LogP contribution >= 0.6 is 11.8 Å². The lowest BCUT2D eigenvalue weighted by Crippen LogP contribution is -2.23. The minimum Gasteiger partial charge on any atom is -0.467 e. The summed E-state index contributed by atoms with van der Waals surface area (Å²) in [5, 5.41) is 7.05. The van der Waals surface area contributed by atoms with Crippen LogP contribution in [-0.4, -0.2) is 38.2 Å². The number of anilines is 1. The van der Waals surface area contributed by atoms with Gasteiger partial charge in [-0.05, 0) is 36.4 Å². The average Bonchev–Trinajstić information content (AvgIpc) is 3.06. The van der Waals surface area contributed by atoms with Crippen LogP contribution in [0.1, 0.15) is 17.3 Å². The second-order valence-electron chi connectivity index (χ2n) is 5.47. The molecule has 1 atom stereocenters. The minimum absolute atomic E-state index is 0.0216. The van der Waals surface area contributed by atoms with Gasteiger partial charge in [-0.15, -0.1) is 0 Å². The minimum atomic E-state index is -4.38. The lowest BCUT2D eigenvalue weighted by molar-refractivity contribution is -0.141. The number of methoxy groups -OCH3 is 1. The Morgan fingerprint density at radius 2 is 2.00 bits per heavy atom. The standard InChI is InChI=1S/C16H14F3N5O2S/c1-9-7-12(24-15(22-9)20-8-21-24)23-13(14(25)26-2)10-3-5-11(6-4-10)27-16(17,18)19/h3-8,13,23H,1-2H3. The van der Waals surface area contributed by atoms with Crippen molar-refractivity contribution in [2.24, 2.45) is 0 Å². The maximum atomic E-state index is 12.5. The van der Waals surface area contributed by atoms with E-state index in [1.807, 2.05) is 0 Å². The lowest BCUT2D eigenvalue weighted by Gasteiger charge is -2.19. The monoisotopic (exact) mass is 397 g/mol. The largest absolute Gasteiger partial charge is 0.467 e. The highest BCUT2D eigenvalue weighted by Crippen LogP contribution is 2.37. The first-order chi connectivity index (χ1) is 12.8. The zero-order valence-electron chi connectivity index (χ0n) is 14.2. The summed E-state index contributed by atoms with van der Waals surface area (Å²) >= 11 is -0.223. The molecule has 2 aromatic heterocycles. The number of hydrogen-bond acceptors (Lipinski definition) is 7. The second-order valence-corrected chi connectivity index (χ2v) is 6.61. The predicted octanol–water partition coefficient (Wildman–Crippen LogP) is 3.37. The first-order valence-corrected chi connectivity index (χ1v) is 8.46. The van der Waals surface area contributed by atoms with E-state index in [1.54, 1.807) is 13.0 Å². The zero-order chi connectivity index (χ0) is 19.6. The van der Waals surface area contributed by atoms with E-state index >= 15 is 0 Å². The summed E-state index contributed by atoms with van der Waals surface area (Å²) in [5.74, 6) is 0.186. The second kappa shape index (κ2) is 7.43. The van der Waals surface area contributed by atoms with Gasteiger partial charge >= 0.3 is 11.5 Å². The number of alkyl halides is 3. The predicted molar refractivity (Wildman–Crippen MR) is 92.3 cm³/mol. The fraction of sp³-hybridized carbons (Fsp3) is 0.250. The van der Waals surface area contributed by atoms with E-state index in [0.717, 1.165) is 0 Å². The molecule has 2 heterocycles. The smallest absolute Gasteiger partial charge is 0.446 e. The Bertz CT molecular complexity index is 959. The Balaban J connectivity index is 1.92. The van der Waals surface area contributed by atoms with Crippen LogP contribution in [0.5, 0.6) is 0 Å². The summed E-state index contributed by atoms with van der Waals surface area (Å²) in [6.07, 6.45) is 1.32. The number of carbonyl (C=O) groups excluding carboxylic acids is 1. The number of ether oxygens (including phenoxy) is 1. The van der Waals surface area contributed by atoms with Crippen molar-refractivity contribution < 1.29 is 22.7 Å². The van der Waals surface area contributed by atoms with Gasteiger partial charge in [-0.3, -0.25) is 0 Å². The molecule has 7 nitrogen and oxygen atoms in total. The molecule has 0 fully saturated rings. The van der Waals surface area contributed by atoms with Gasteiger partial charge < -0.3 is 10.1 Å². The molecule has 0 aliphatic carbocycles. The molecular weight excluding hydrogens is 383 g/mol. The van der Waals surface area contributed by atoms with Crippen molar-refractivity contribution in [3.8, 4) is 0 Å². The third-order valence-corrected chi connectivity index (χ3v) is 4.30. The number of carbonyl (C=O) groups is 1. The molecule has 0 amide bonds. The number of nitrogens with one attached hydrogen (secondary N) is 1. The van der Waals surface area contributed by atoms with E-state index in [0.29, 0.717) is 22.9 Å². The summed E-state index contributed by atoms with van der Waals surface area (Å²) in [4.78, 5) is 20.5. The fourth-order valence-electron chi connectivity index (χ4n) is 2.44. The summed E-state index contributed by atoms with van der Waals surface area (Å²) in [7, 11) is 1.23. The molecule has 0 radical (unpaired) electrons. The van der Waals surface area contributed by atoms with Crippen LogP contribution in [0.15, 0.2) is 41.6 Å². The molecule has 27 heavy (non-hydrogen) atoms. The molecule has 0 saturated carbocycles. The van der Waals surface area contributed by atoms with Crippen LogP contribution in [0.25, 0.3) is 5.78 Å². The number of benzene rings is 1. The number of fused-ring (bicyclic) bond motifs is 1. The highest BCUT2D eigenvalue weighted by Gasteiger charge is 2.29. The summed E-state index contributed by atoms with van der Waals surface area (Å²) in [6.45, 7) is 1.76.